The summed E-state index contributed by atoms with van der Waals surface area (Å²) < 4.78 is 22.4. The molecule has 22 heavy (non-hydrogen) atoms. The third-order valence-corrected chi connectivity index (χ3v) is 5.16. The minimum absolute atomic E-state index is 0.0205. The van der Waals surface area contributed by atoms with Gasteiger partial charge < -0.3 is 0 Å². The maximum absolute atomic E-state index is 11.9. The Morgan fingerprint density at radius 3 is 2.91 bits per heavy atom. The minimum atomic E-state index is -4.65. The molecule has 0 saturated carbocycles. The van der Waals surface area contributed by atoms with Crippen LogP contribution in [0.25, 0.3) is 0 Å². The molecule has 3 atom stereocenters. The molecular weight excluding hydrogens is 384 g/mol. The van der Waals surface area contributed by atoms with E-state index in [4.69, 9.17) is 20.3 Å². The van der Waals surface area contributed by atoms with E-state index >= 15 is 0 Å². The Labute approximate surface area is 131 Å². The summed E-state index contributed by atoms with van der Waals surface area (Å²) in [5, 5.41) is 9.87. The van der Waals surface area contributed by atoms with Crippen LogP contribution in [0.5, 0.6) is 0 Å². The van der Waals surface area contributed by atoms with Crippen molar-refractivity contribution in [1.82, 2.24) is 9.55 Å². The second-order valence-electron chi connectivity index (χ2n) is 4.60. The van der Waals surface area contributed by atoms with Crippen molar-refractivity contribution in [3.8, 4) is 0 Å². The number of ether oxygens (including phenoxy) is 1. The van der Waals surface area contributed by atoms with Crippen LogP contribution in [0.1, 0.15) is 12.6 Å². The Hall–Kier alpha value is -0.771. The molecule has 0 aromatic carbocycles. The maximum atomic E-state index is 11.9. The summed E-state index contributed by atoms with van der Waals surface area (Å²) in [6, 6.07) is 0. The number of nitrogens with two attached hydrogens (primary N) is 1. The Morgan fingerprint density at radius 1 is 1.64 bits per heavy atom. The third kappa shape index (κ3) is 4.15. The molecule has 0 aliphatic carbocycles. The fourth-order valence-electron chi connectivity index (χ4n) is 2.03. The van der Waals surface area contributed by atoms with Crippen LogP contribution in [0.15, 0.2) is 11.0 Å². The van der Waals surface area contributed by atoms with Crippen LogP contribution in [0.2, 0.25) is 5.82 Å². The first-order valence-electron chi connectivity index (χ1n) is 6.17. The van der Waals surface area contributed by atoms with Crippen molar-refractivity contribution in [3.05, 3.63) is 16.7 Å². The van der Waals surface area contributed by atoms with Gasteiger partial charge in [0, 0.05) is 0 Å². The van der Waals surface area contributed by atoms with Gasteiger partial charge in [0.05, 0.1) is 0 Å². The molecule has 5 N–H and O–H groups in total. The molecule has 0 spiro atoms. The van der Waals surface area contributed by atoms with Gasteiger partial charge in [-0.15, -0.1) is 0 Å². The van der Waals surface area contributed by atoms with E-state index in [1.54, 1.807) is 0 Å². The van der Waals surface area contributed by atoms with Crippen molar-refractivity contribution >= 4 is 33.1 Å². The van der Waals surface area contributed by atoms with Crippen molar-refractivity contribution in [3.63, 3.8) is 0 Å². The number of hydrogen-bond donors (Lipinski definition) is 4. The van der Waals surface area contributed by atoms with Gasteiger partial charge in [0.25, 0.3) is 0 Å². The van der Waals surface area contributed by atoms with E-state index < -0.39 is 38.6 Å². The topological polar surface area (TPSA) is 157 Å². The van der Waals surface area contributed by atoms with Gasteiger partial charge in [-0.05, 0) is 0 Å². The molecular formula is C10H16N3O7PSe. The molecule has 0 bridgehead atoms. The summed E-state index contributed by atoms with van der Waals surface area (Å²) >= 11 is 0.0205. The number of aliphatic hydroxyl groups is 1. The Balaban J connectivity index is 2.15. The van der Waals surface area contributed by atoms with Gasteiger partial charge in [-0.1, -0.05) is 0 Å². The van der Waals surface area contributed by atoms with Crippen LogP contribution in [0.3, 0.4) is 0 Å². The zero-order chi connectivity index (χ0) is 16.5. The predicted molar refractivity (Wildman–Crippen MR) is 76.7 cm³/mol. The van der Waals surface area contributed by atoms with Crippen LogP contribution in [-0.4, -0.2) is 58.2 Å². The summed E-state index contributed by atoms with van der Waals surface area (Å²) in [5.41, 5.74) is 5.03. The molecule has 0 radical (unpaired) electrons. The van der Waals surface area contributed by atoms with Gasteiger partial charge in [0.15, 0.2) is 0 Å². The second kappa shape index (κ2) is 6.77. The number of nitrogen functional groups attached to an aromatic ring is 1. The van der Waals surface area contributed by atoms with Crippen LogP contribution in [0, 0.1) is 0 Å². The third-order valence-electron chi connectivity index (χ3n) is 3.09. The predicted octanol–water partition coefficient (Wildman–Crippen LogP) is -2.04. The number of phosphoric acid groups is 1. The fraction of sp³-hybridized carbons (Fsp3) is 0.600. The molecule has 0 amide bonds. The van der Waals surface area contributed by atoms with E-state index in [9.17, 15) is 14.5 Å². The fourth-order valence-corrected chi connectivity index (χ4v) is 3.37. The molecule has 1 aliphatic heterocycles. The molecule has 1 saturated heterocycles. The molecule has 1 fully saturated rings. The molecule has 2 heterocycles. The average molecular weight is 400 g/mol. The second-order valence-corrected chi connectivity index (χ2v) is 7.62. The van der Waals surface area contributed by atoms with Crippen molar-refractivity contribution in [2.45, 2.75) is 30.7 Å². The first-order valence-corrected chi connectivity index (χ1v) is 10.3. The van der Waals surface area contributed by atoms with Crippen LogP contribution >= 0.6 is 7.82 Å². The first kappa shape index (κ1) is 17.6. The van der Waals surface area contributed by atoms with Crippen LogP contribution in [-0.2, 0) is 13.8 Å². The summed E-state index contributed by atoms with van der Waals surface area (Å²) in [6.07, 6.45) is -1.14. The molecule has 1 aromatic heterocycles. The number of rotatable bonds is 5. The Bertz CT molecular complexity index is 648. The quantitative estimate of drug-likeness (QED) is 0.323. The number of anilines is 1. The van der Waals surface area contributed by atoms with E-state index in [0.717, 1.165) is 4.46 Å². The van der Waals surface area contributed by atoms with Gasteiger partial charge in [-0.3, -0.25) is 0 Å². The van der Waals surface area contributed by atoms with Gasteiger partial charge >= 0.3 is 131 Å². The molecule has 0 unspecified atom stereocenters. The average Bonchev–Trinajstić information content (AvgIpc) is 2.77. The van der Waals surface area contributed by atoms with E-state index in [-0.39, 0.29) is 27.2 Å². The molecule has 12 heteroatoms. The number of nitrogens with zero attached hydrogens (tertiary/aromatic N) is 2. The van der Waals surface area contributed by atoms with Gasteiger partial charge in [0.2, 0.25) is 0 Å². The van der Waals surface area contributed by atoms with E-state index in [0.29, 0.717) is 0 Å². The number of aliphatic hydroxyl groups excluding tert-OH is 1. The van der Waals surface area contributed by atoms with E-state index in [2.05, 4.69) is 9.51 Å². The van der Waals surface area contributed by atoms with Crippen LogP contribution < -0.4 is 15.9 Å². The molecule has 10 nitrogen and oxygen atoms in total. The summed E-state index contributed by atoms with van der Waals surface area (Å²) in [6.45, 7) is -0.482. The van der Waals surface area contributed by atoms with Gasteiger partial charge in [0.1, 0.15) is 0 Å². The molecule has 124 valence electrons. The van der Waals surface area contributed by atoms with Crippen LogP contribution in [0.4, 0.5) is 5.82 Å². The monoisotopic (exact) mass is 401 g/mol. The van der Waals surface area contributed by atoms with Crippen molar-refractivity contribution in [2.75, 3.05) is 12.3 Å². The van der Waals surface area contributed by atoms with Gasteiger partial charge in [-0.25, -0.2) is 0 Å². The molecule has 1 aliphatic rings. The zero-order valence-electron chi connectivity index (χ0n) is 11.5. The zero-order valence-corrected chi connectivity index (χ0v) is 14.1. The SMILES string of the molecule is C[Se]c1cn([C@H]2C[C@H](O)[C@@H](COP(=O)(O)O)O2)c(=O)nc1N. The number of hydrogen-bond acceptors (Lipinski definition) is 7. The first-order chi connectivity index (χ1) is 10.2. The van der Waals surface area contributed by atoms with Gasteiger partial charge in [-0.2, -0.15) is 0 Å². The Morgan fingerprint density at radius 2 is 2.32 bits per heavy atom. The number of aromatic nitrogens is 2. The van der Waals surface area contributed by atoms with Crippen molar-refractivity contribution in [1.29, 1.82) is 0 Å². The Kier molecular flexibility index (Phi) is 5.41. The normalized spacial score (nSPS) is 25.5. The molecule has 1 aromatic rings. The van der Waals surface area contributed by atoms with E-state index in [1.807, 2.05) is 5.82 Å². The summed E-state index contributed by atoms with van der Waals surface area (Å²) in [5.74, 6) is 2.08. The standard InChI is InChI=1S/C10H16N3O7PSe/c1-22-7-3-13(10(15)12-9(7)11)8-2-5(14)6(20-8)4-19-21(16,17)18/h3,5-6,8,14H,2,4H2,1H3,(H2,11,12,15)(H2,16,17,18)/t5-,6+,8+/m0/s1. The van der Waals surface area contributed by atoms with Crippen molar-refractivity contribution < 1.29 is 28.7 Å². The number of phosphoric ester groups is 1. The summed E-state index contributed by atoms with van der Waals surface area (Å²) in [4.78, 5) is 32.9. The molecule has 2 rings (SSSR count). The van der Waals surface area contributed by atoms with E-state index in [1.165, 1.54) is 10.8 Å². The van der Waals surface area contributed by atoms with Crippen molar-refractivity contribution in [2.24, 2.45) is 0 Å². The summed E-state index contributed by atoms with van der Waals surface area (Å²) in [7, 11) is -4.65.